The second-order valence-corrected chi connectivity index (χ2v) is 3.88. The molecule has 3 unspecified atom stereocenters. The number of β-amino-alcohol motifs (C(OH)–C–C–N with tert-alkyl or cyclic N) is 1. The van der Waals surface area contributed by atoms with E-state index in [0.29, 0.717) is 6.42 Å². The molecular weight excluding hydrogens is 199 g/mol. The maximum atomic E-state index is 11.7. The van der Waals surface area contributed by atoms with Crippen molar-refractivity contribution in [1.82, 2.24) is 4.90 Å². The summed E-state index contributed by atoms with van der Waals surface area (Å²) < 4.78 is 0. The second-order valence-electron chi connectivity index (χ2n) is 3.88. The maximum Gasteiger partial charge on any atom is 0.475 e. The average Bonchev–Trinajstić information content (AvgIpc) is 2.58. The van der Waals surface area contributed by atoms with E-state index in [4.69, 9.17) is 15.8 Å². The van der Waals surface area contributed by atoms with Gasteiger partial charge in [0.25, 0.3) is 0 Å². The quantitative estimate of drug-likeness (QED) is 0.397. The van der Waals surface area contributed by atoms with E-state index in [2.05, 4.69) is 0 Å². The van der Waals surface area contributed by atoms with Crippen molar-refractivity contribution in [1.29, 1.82) is 0 Å². The third kappa shape index (κ3) is 2.69. The highest BCUT2D eigenvalue weighted by molar-refractivity contribution is 6.43. The number of amides is 1. The minimum Gasteiger partial charge on any atom is -0.426 e. The van der Waals surface area contributed by atoms with E-state index in [0.717, 1.165) is 0 Å². The van der Waals surface area contributed by atoms with Gasteiger partial charge in [0.1, 0.15) is 0 Å². The molecule has 1 heterocycles. The molecule has 0 aromatic carbocycles. The predicted octanol–water partition coefficient (Wildman–Crippen LogP) is -2.30. The molecule has 0 aliphatic carbocycles. The summed E-state index contributed by atoms with van der Waals surface area (Å²) in [6.07, 6.45) is -0.0377. The van der Waals surface area contributed by atoms with E-state index in [-0.39, 0.29) is 18.9 Å². The molecule has 0 bridgehead atoms. The molecule has 15 heavy (non-hydrogen) atoms. The van der Waals surface area contributed by atoms with Crippen molar-refractivity contribution in [3.8, 4) is 0 Å². The lowest BCUT2D eigenvalue weighted by Gasteiger charge is -2.26. The van der Waals surface area contributed by atoms with E-state index >= 15 is 0 Å². The number of hydrogen-bond donors (Lipinski definition) is 4. The Bertz CT molecular complexity index is 239. The van der Waals surface area contributed by atoms with E-state index in [1.165, 1.54) is 4.90 Å². The van der Waals surface area contributed by atoms with Crippen molar-refractivity contribution >= 4 is 13.0 Å². The Morgan fingerprint density at radius 1 is 1.67 bits per heavy atom. The van der Waals surface area contributed by atoms with Gasteiger partial charge in [0.15, 0.2) is 0 Å². The molecule has 1 rings (SSSR count). The minimum atomic E-state index is -1.63. The Morgan fingerprint density at radius 2 is 2.27 bits per heavy atom. The summed E-state index contributed by atoms with van der Waals surface area (Å²) >= 11 is 0. The van der Waals surface area contributed by atoms with Gasteiger partial charge < -0.3 is 25.8 Å². The molecule has 5 N–H and O–H groups in total. The molecule has 1 aliphatic rings. The van der Waals surface area contributed by atoms with Gasteiger partial charge in [0.05, 0.1) is 18.1 Å². The molecule has 7 heteroatoms. The number of likely N-dealkylation sites (tertiary alicyclic amines) is 1. The summed E-state index contributed by atoms with van der Waals surface area (Å²) in [4.78, 5) is 13.0. The highest BCUT2D eigenvalue weighted by Gasteiger charge is 2.41. The number of aliphatic hydroxyl groups is 1. The Morgan fingerprint density at radius 3 is 2.73 bits per heavy atom. The van der Waals surface area contributed by atoms with Crippen molar-refractivity contribution in [3.63, 3.8) is 0 Å². The van der Waals surface area contributed by atoms with E-state index in [9.17, 15) is 9.90 Å². The number of aliphatic hydroxyl groups excluding tert-OH is 1. The first-order valence-electron chi connectivity index (χ1n) is 5.07. The maximum absolute atomic E-state index is 11.7. The molecule has 1 fully saturated rings. The molecule has 0 radical (unpaired) electrons. The van der Waals surface area contributed by atoms with Crippen LogP contribution in [-0.4, -0.2) is 57.7 Å². The van der Waals surface area contributed by atoms with Crippen LogP contribution in [0, 0.1) is 0 Å². The van der Waals surface area contributed by atoms with Crippen LogP contribution in [0.2, 0.25) is 0 Å². The van der Waals surface area contributed by atoms with E-state index < -0.39 is 25.2 Å². The van der Waals surface area contributed by atoms with Gasteiger partial charge in [-0.1, -0.05) is 6.92 Å². The van der Waals surface area contributed by atoms with Crippen LogP contribution < -0.4 is 5.73 Å². The third-order valence-electron chi connectivity index (χ3n) is 2.71. The van der Waals surface area contributed by atoms with Crippen molar-refractivity contribution < 1.29 is 19.9 Å². The summed E-state index contributed by atoms with van der Waals surface area (Å²) in [5.74, 6) is -1.09. The molecule has 1 aliphatic heterocycles. The number of nitrogens with zero attached hydrogens (tertiary/aromatic N) is 1. The van der Waals surface area contributed by atoms with Crippen LogP contribution >= 0.6 is 0 Å². The molecule has 86 valence electrons. The molecule has 0 spiro atoms. The molecule has 0 aromatic heterocycles. The SMILES string of the molecule is CCC(N)C(=O)N1CC(O)CC1B(O)O. The minimum absolute atomic E-state index is 0.120. The first-order chi connectivity index (χ1) is 6.97. The summed E-state index contributed by atoms with van der Waals surface area (Å²) in [6.45, 7) is 1.90. The lowest BCUT2D eigenvalue weighted by molar-refractivity contribution is -0.133. The molecule has 1 saturated heterocycles. The first-order valence-corrected chi connectivity index (χ1v) is 5.07. The molecule has 0 saturated carbocycles. The topological polar surface area (TPSA) is 107 Å². The van der Waals surface area contributed by atoms with Gasteiger partial charge in [-0.3, -0.25) is 4.79 Å². The Labute approximate surface area is 88.8 Å². The molecule has 3 atom stereocenters. The molecule has 6 nitrogen and oxygen atoms in total. The van der Waals surface area contributed by atoms with Crippen molar-refractivity contribution in [2.75, 3.05) is 6.54 Å². The highest BCUT2D eigenvalue weighted by Crippen LogP contribution is 2.19. The van der Waals surface area contributed by atoms with Crippen LogP contribution in [0.5, 0.6) is 0 Å². The van der Waals surface area contributed by atoms with Crippen LogP contribution in [0.4, 0.5) is 0 Å². The molecule has 1 amide bonds. The Hall–Kier alpha value is -0.625. The number of carbonyl (C=O) groups is 1. The normalized spacial score (nSPS) is 27.9. The van der Waals surface area contributed by atoms with Gasteiger partial charge in [0.2, 0.25) is 5.91 Å². The number of carbonyl (C=O) groups excluding carboxylic acids is 1. The summed E-state index contributed by atoms with van der Waals surface area (Å²) in [6, 6.07) is -0.642. The van der Waals surface area contributed by atoms with Gasteiger partial charge in [-0.2, -0.15) is 0 Å². The predicted molar refractivity (Wildman–Crippen MR) is 54.6 cm³/mol. The highest BCUT2D eigenvalue weighted by atomic mass is 16.4. The number of nitrogens with two attached hydrogens (primary N) is 1. The zero-order chi connectivity index (χ0) is 11.6. The third-order valence-corrected chi connectivity index (χ3v) is 2.71. The lowest BCUT2D eigenvalue weighted by atomic mass is 9.77. The lowest BCUT2D eigenvalue weighted by Crippen LogP contribution is -2.51. The van der Waals surface area contributed by atoms with Gasteiger partial charge in [-0.05, 0) is 12.8 Å². The Kier molecular flexibility index (Phi) is 4.09. The fraction of sp³-hybridized carbons (Fsp3) is 0.875. The monoisotopic (exact) mass is 216 g/mol. The fourth-order valence-corrected chi connectivity index (χ4v) is 1.77. The van der Waals surface area contributed by atoms with Gasteiger partial charge >= 0.3 is 7.12 Å². The van der Waals surface area contributed by atoms with Crippen molar-refractivity contribution in [2.24, 2.45) is 5.73 Å². The van der Waals surface area contributed by atoms with E-state index in [1.807, 2.05) is 0 Å². The molecule has 0 aromatic rings. The van der Waals surface area contributed by atoms with Crippen LogP contribution in [0.25, 0.3) is 0 Å². The summed E-state index contributed by atoms with van der Waals surface area (Å²) in [7, 11) is -1.63. The van der Waals surface area contributed by atoms with Gasteiger partial charge in [-0.15, -0.1) is 0 Å². The standard InChI is InChI=1S/C8H17BN2O4/c1-2-6(10)8(13)11-4-5(12)3-7(11)9(14)15/h5-7,12,14-15H,2-4,10H2,1H3. The van der Waals surface area contributed by atoms with Crippen LogP contribution in [0.3, 0.4) is 0 Å². The summed E-state index contributed by atoms with van der Waals surface area (Å²) in [5.41, 5.74) is 5.57. The average molecular weight is 216 g/mol. The van der Waals surface area contributed by atoms with Crippen molar-refractivity contribution in [3.05, 3.63) is 0 Å². The smallest absolute Gasteiger partial charge is 0.426 e. The number of rotatable bonds is 3. The van der Waals surface area contributed by atoms with Crippen LogP contribution in [-0.2, 0) is 4.79 Å². The van der Waals surface area contributed by atoms with Gasteiger partial charge in [-0.25, -0.2) is 0 Å². The first kappa shape index (κ1) is 12.4. The molecular formula is C8H17BN2O4. The largest absolute Gasteiger partial charge is 0.475 e. The fourth-order valence-electron chi connectivity index (χ4n) is 1.77. The van der Waals surface area contributed by atoms with Gasteiger partial charge in [0, 0.05) is 6.54 Å². The van der Waals surface area contributed by atoms with Crippen molar-refractivity contribution in [2.45, 2.75) is 37.9 Å². The summed E-state index contributed by atoms with van der Waals surface area (Å²) in [5, 5.41) is 27.5. The second kappa shape index (κ2) is 4.93. The zero-order valence-corrected chi connectivity index (χ0v) is 8.71. The number of hydrogen-bond acceptors (Lipinski definition) is 5. The van der Waals surface area contributed by atoms with E-state index in [1.54, 1.807) is 6.92 Å². The zero-order valence-electron chi connectivity index (χ0n) is 8.71. The van der Waals surface area contributed by atoms with Crippen LogP contribution in [0.15, 0.2) is 0 Å². The Balaban J connectivity index is 2.70. The van der Waals surface area contributed by atoms with Crippen LogP contribution in [0.1, 0.15) is 19.8 Å².